The van der Waals surface area contributed by atoms with Crippen LogP contribution in [0.2, 0.25) is 0 Å². The number of rotatable bonds is 3. The van der Waals surface area contributed by atoms with Crippen molar-refractivity contribution in [3.8, 4) is 0 Å². The van der Waals surface area contributed by atoms with E-state index < -0.39 is 11.2 Å². The lowest BCUT2D eigenvalue weighted by molar-refractivity contribution is -0.138. The molecule has 0 radical (unpaired) electrons. The second-order valence-corrected chi connectivity index (χ2v) is 7.29. The maximum atomic E-state index is 12.8. The van der Waals surface area contributed by atoms with Crippen LogP contribution in [-0.2, 0) is 9.59 Å². The van der Waals surface area contributed by atoms with Crippen molar-refractivity contribution in [2.45, 2.75) is 48.6 Å². The lowest BCUT2D eigenvalue weighted by atomic mass is 9.92. The van der Waals surface area contributed by atoms with Crippen LogP contribution in [0.15, 0.2) is 30.3 Å². The quantitative estimate of drug-likeness (QED) is 0.931. The van der Waals surface area contributed by atoms with E-state index >= 15 is 0 Å². The number of anilines is 1. The third kappa shape index (κ3) is 2.67. The molecule has 4 nitrogen and oxygen atoms in total. The molecule has 1 atom stereocenters. The van der Waals surface area contributed by atoms with Crippen molar-refractivity contribution in [3.63, 3.8) is 0 Å². The fraction of sp³-hybridized carbons (Fsp3) is 0.500. The van der Waals surface area contributed by atoms with Gasteiger partial charge in [0.25, 0.3) is 0 Å². The van der Waals surface area contributed by atoms with Gasteiger partial charge in [-0.25, -0.2) is 0 Å². The van der Waals surface area contributed by atoms with Gasteiger partial charge in [0.15, 0.2) is 0 Å². The Bertz CT molecular complexity index is 540. The highest BCUT2D eigenvalue weighted by Crippen LogP contribution is 2.52. The molecule has 21 heavy (non-hydrogen) atoms. The van der Waals surface area contributed by atoms with Crippen LogP contribution in [0.25, 0.3) is 0 Å². The molecular formula is C16H19NO3S. The molecule has 3 rings (SSSR count). The molecule has 1 aliphatic heterocycles. The normalized spacial score (nSPS) is 24.5. The predicted molar refractivity (Wildman–Crippen MR) is 83.4 cm³/mol. The second kappa shape index (κ2) is 5.72. The second-order valence-electron chi connectivity index (χ2n) is 5.72. The molecule has 2 fully saturated rings. The zero-order valence-electron chi connectivity index (χ0n) is 11.8. The van der Waals surface area contributed by atoms with Crippen molar-refractivity contribution in [3.05, 3.63) is 30.3 Å². The predicted octanol–water partition coefficient (Wildman–Crippen LogP) is 3.27. The Morgan fingerprint density at radius 2 is 1.90 bits per heavy atom. The Labute approximate surface area is 128 Å². The number of carbonyl (C=O) groups is 2. The third-order valence-electron chi connectivity index (χ3n) is 4.27. The average molecular weight is 305 g/mol. The highest BCUT2D eigenvalue weighted by atomic mass is 32.2. The van der Waals surface area contributed by atoms with Gasteiger partial charge >= 0.3 is 5.97 Å². The molecule has 1 unspecified atom stereocenters. The fourth-order valence-electron chi connectivity index (χ4n) is 3.39. The Balaban J connectivity index is 1.96. The van der Waals surface area contributed by atoms with Gasteiger partial charge in [-0.1, -0.05) is 37.5 Å². The van der Waals surface area contributed by atoms with Gasteiger partial charge in [0.05, 0.1) is 16.5 Å². The molecular weight excluding hydrogens is 286 g/mol. The lowest BCUT2D eigenvalue weighted by Crippen LogP contribution is -2.46. The number of benzene rings is 1. The van der Waals surface area contributed by atoms with E-state index in [-0.39, 0.29) is 17.2 Å². The number of hydrogen-bond donors (Lipinski definition) is 1. The van der Waals surface area contributed by atoms with Crippen LogP contribution < -0.4 is 4.90 Å². The van der Waals surface area contributed by atoms with E-state index in [2.05, 4.69) is 0 Å². The summed E-state index contributed by atoms with van der Waals surface area (Å²) >= 11 is 1.57. The van der Waals surface area contributed by atoms with Crippen molar-refractivity contribution in [2.75, 3.05) is 4.90 Å². The van der Waals surface area contributed by atoms with Gasteiger partial charge in [0.1, 0.15) is 0 Å². The van der Waals surface area contributed by atoms with Crippen LogP contribution in [0.1, 0.15) is 38.5 Å². The average Bonchev–Trinajstić information content (AvgIpc) is 2.72. The number of carboxylic acid groups (broad SMARTS) is 1. The minimum absolute atomic E-state index is 0.0458. The van der Waals surface area contributed by atoms with E-state index in [0.29, 0.717) is 0 Å². The van der Waals surface area contributed by atoms with Gasteiger partial charge in [0.2, 0.25) is 5.91 Å². The van der Waals surface area contributed by atoms with E-state index in [1.165, 1.54) is 6.42 Å². The summed E-state index contributed by atoms with van der Waals surface area (Å²) in [5.41, 5.74) is 0.893. The van der Waals surface area contributed by atoms with Crippen molar-refractivity contribution < 1.29 is 14.7 Å². The molecule has 1 aliphatic carbocycles. The first-order valence-corrected chi connectivity index (χ1v) is 8.29. The third-order valence-corrected chi connectivity index (χ3v) is 5.96. The molecule has 1 saturated carbocycles. The van der Waals surface area contributed by atoms with E-state index in [1.807, 2.05) is 35.2 Å². The maximum absolute atomic E-state index is 12.8. The van der Waals surface area contributed by atoms with Crippen LogP contribution in [-0.4, -0.2) is 27.1 Å². The first-order chi connectivity index (χ1) is 10.1. The van der Waals surface area contributed by atoms with Crippen LogP contribution in [0.3, 0.4) is 0 Å². The molecule has 1 saturated heterocycles. The summed E-state index contributed by atoms with van der Waals surface area (Å²) in [5, 5.41) is 8.59. The zero-order chi connectivity index (χ0) is 14.9. The summed E-state index contributed by atoms with van der Waals surface area (Å²) in [6, 6.07) is 9.66. The summed E-state index contributed by atoms with van der Waals surface area (Å²) in [6.45, 7) is 0. The highest BCUT2D eigenvalue weighted by molar-refractivity contribution is 8.02. The van der Waals surface area contributed by atoms with Gasteiger partial charge < -0.3 is 5.11 Å². The molecule has 1 N–H and O–H groups in total. The topological polar surface area (TPSA) is 57.6 Å². The van der Waals surface area contributed by atoms with Crippen molar-refractivity contribution in [2.24, 2.45) is 0 Å². The zero-order valence-corrected chi connectivity index (χ0v) is 12.6. The summed E-state index contributed by atoms with van der Waals surface area (Å²) < 4.78 is 0. The SMILES string of the molecule is O=C(O)CC1SC2(CCCCC2)N(c2ccccc2)C1=O. The van der Waals surface area contributed by atoms with Crippen molar-refractivity contribution in [1.29, 1.82) is 0 Å². The molecule has 0 bridgehead atoms. The summed E-state index contributed by atoms with van der Waals surface area (Å²) in [5.74, 6) is -0.947. The number of para-hydroxylation sites is 1. The van der Waals surface area contributed by atoms with E-state index in [1.54, 1.807) is 11.8 Å². The Kier molecular flexibility index (Phi) is 3.93. The van der Waals surface area contributed by atoms with E-state index in [9.17, 15) is 9.59 Å². The van der Waals surface area contributed by atoms with Crippen LogP contribution in [0.5, 0.6) is 0 Å². The standard InChI is InChI=1S/C16H19NO3S/c18-14(19)11-13-15(20)17(12-7-3-1-4-8-12)16(21-13)9-5-2-6-10-16/h1,3-4,7-8,13H,2,5-6,9-11H2,(H,18,19). The van der Waals surface area contributed by atoms with Crippen molar-refractivity contribution in [1.82, 2.24) is 0 Å². The first kappa shape index (κ1) is 14.4. The summed E-state index contributed by atoms with van der Waals surface area (Å²) in [6.07, 6.45) is 5.22. The largest absolute Gasteiger partial charge is 0.481 e. The van der Waals surface area contributed by atoms with Gasteiger partial charge in [-0.3, -0.25) is 14.5 Å². The molecule has 2 aliphatic rings. The molecule has 1 spiro atoms. The maximum Gasteiger partial charge on any atom is 0.305 e. The Hall–Kier alpha value is -1.49. The number of nitrogens with zero attached hydrogens (tertiary/aromatic N) is 1. The minimum atomic E-state index is -0.901. The molecule has 1 heterocycles. The smallest absolute Gasteiger partial charge is 0.305 e. The molecule has 1 aromatic rings. The van der Waals surface area contributed by atoms with Crippen molar-refractivity contribution >= 4 is 29.3 Å². The van der Waals surface area contributed by atoms with E-state index in [0.717, 1.165) is 31.4 Å². The number of hydrogen-bond acceptors (Lipinski definition) is 3. The van der Waals surface area contributed by atoms with Crippen LogP contribution >= 0.6 is 11.8 Å². The molecule has 1 amide bonds. The molecule has 0 aromatic heterocycles. The monoisotopic (exact) mass is 305 g/mol. The number of thioether (sulfide) groups is 1. The summed E-state index contributed by atoms with van der Waals surface area (Å²) in [4.78, 5) is 25.4. The van der Waals surface area contributed by atoms with Gasteiger partial charge in [-0.05, 0) is 25.0 Å². The lowest BCUT2D eigenvalue weighted by Gasteiger charge is -2.40. The van der Waals surface area contributed by atoms with Crippen LogP contribution in [0, 0.1) is 0 Å². The Morgan fingerprint density at radius 1 is 1.24 bits per heavy atom. The number of aliphatic carboxylic acids is 1. The van der Waals surface area contributed by atoms with E-state index in [4.69, 9.17) is 5.11 Å². The van der Waals surface area contributed by atoms with Gasteiger partial charge in [-0.2, -0.15) is 0 Å². The number of carboxylic acids is 1. The molecule has 1 aromatic carbocycles. The van der Waals surface area contributed by atoms with Gasteiger partial charge in [-0.15, -0.1) is 11.8 Å². The van der Waals surface area contributed by atoms with Crippen LogP contribution in [0.4, 0.5) is 5.69 Å². The number of carbonyl (C=O) groups excluding carboxylic acids is 1. The minimum Gasteiger partial charge on any atom is -0.481 e. The fourth-order valence-corrected chi connectivity index (χ4v) is 5.17. The highest BCUT2D eigenvalue weighted by Gasteiger charge is 2.52. The summed E-state index contributed by atoms with van der Waals surface area (Å²) in [7, 11) is 0. The number of amides is 1. The first-order valence-electron chi connectivity index (χ1n) is 7.41. The molecule has 112 valence electrons. The molecule has 5 heteroatoms. The van der Waals surface area contributed by atoms with Gasteiger partial charge in [0, 0.05) is 5.69 Å². The Morgan fingerprint density at radius 3 is 2.52 bits per heavy atom.